The summed E-state index contributed by atoms with van der Waals surface area (Å²) in [4.78, 5) is 72.2. The first kappa shape index (κ1) is 112. The largest absolute Gasteiger partial charge is 0.479 e. The summed E-state index contributed by atoms with van der Waals surface area (Å²) in [5.74, 6) is -7.26. The van der Waals surface area contributed by atoms with Crippen LogP contribution in [0.3, 0.4) is 0 Å². The molecule has 46 heteroatoms. The van der Waals surface area contributed by atoms with Crippen molar-refractivity contribution in [3.63, 3.8) is 0 Å². The lowest BCUT2D eigenvalue weighted by atomic mass is 9.33. The van der Waals surface area contributed by atoms with E-state index in [1.807, 2.05) is 20.8 Å². The van der Waals surface area contributed by atoms with E-state index in [1.165, 1.54) is 20.8 Å². The number of rotatable bonds is 34. The van der Waals surface area contributed by atoms with E-state index in [0.29, 0.717) is 51.4 Å². The van der Waals surface area contributed by atoms with Crippen LogP contribution in [0.5, 0.6) is 0 Å². The number of carboxylic acids is 1. The molecule has 23 N–H and O–H groups in total. The van der Waals surface area contributed by atoms with Crippen LogP contribution in [0.1, 0.15) is 186 Å². The third-order valence-electron chi connectivity index (χ3n) is 33.5. The van der Waals surface area contributed by atoms with E-state index in [-0.39, 0.29) is 43.9 Å². The summed E-state index contributed by atoms with van der Waals surface area (Å²) in [7, 11) is 0. The van der Waals surface area contributed by atoms with Crippen LogP contribution in [0.15, 0.2) is 11.6 Å². The fourth-order valence-corrected chi connectivity index (χ4v) is 24.4. The maximum atomic E-state index is 16.4. The lowest BCUT2D eigenvalue weighted by molar-refractivity contribution is -0.394. The predicted molar refractivity (Wildman–Crippen MR) is 463 cm³/mol. The van der Waals surface area contributed by atoms with Gasteiger partial charge in [-0.2, -0.15) is 0 Å². The highest BCUT2D eigenvalue weighted by Crippen LogP contribution is 2.76. The van der Waals surface area contributed by atoms with Crippen LogP contribution in [0.4, 0.5) is 0 Å². The highest BCUT2D eigenvalue weighted by Gasteiger charge is 2.74. The van der Waals surface area contributed by atoms with E-state index in [2.05, 4.69) is 26.8 Å². The molecule has 46 nitrogen and oxygen atoms in total. The number of carbonyl (C=O) groups is 5. The Bertz CT molecular complexity index is 4120. The van der Waals surface area contributed by atoms with Crippen molar-refractivity contribution in [3.05, 3.63) is 11.6 Å². The van der Waals surface area contributed by atoms with Gasteiger partial charge in [0, 0.05) is 12.8 Å². The van der Waals surface area contributed by atoms with Gasteiger partial charge in [-0.15, -0.1) is 0 Å². The summed E-state index contributed by atoms with van der Waals surface area (Å²) in [6.45, 7) is 20.6. The van der Waals surface area contributed by atoms with Gasteiger partial charge < -0.3 is 208 Å². The molecule has 13 rings (SSSR count). The van der Waals surface area contributed by atoms with E-state index >= 15 is 4.79 Å². The van der Waals surface area contributed by atoms with Gasteiger partial charge in [0.05, 0.1) is 93.5 Å². The maximum Gasteiger partial charge on any atom is 0.335 e. The SMILES string of the molecule is CC[C@@H](C)[C@@H](C[C@H](O)CC(=O)O[C@@H]1[C@H](O)[C@@H](O[C@@H]2O[C@@H](C)[C@H](O[C@@H]3OC[C@@H](O)[C@H](O[C@@H]4OC[C@@H](O)[C@H](O)[C@H]4O)[C@H]3O)[C@@H](O)[C@H]2O)[C@H](OC(=O)[C@]23CCC(C)(C)C[C@H]2C2=CC[C@@H]4[C@@]5(C)CC[C@H](O[C@@H]6O[C@H](C(=O)O)[C@@H](O)[C@H](O[C@@H]7O[C@@H](C)[C@H](O)[C@@H](O)[C@H]7O)[C@H]6O[C@@H]6O[C@H](CO)[C@H](O)[C@H](O)[C@H]6O)[C@@](C)(C=O)[C@@H]5CC[C@@]4(C)[C@]2(C)C[C@H]3O)O[C@@H]1C)OC(=O)C[C@@H](O)C[C@H](O[C@@H]1O[C@@H](CO)[C@H](O)[C@H]1O)[C@@H](C)CC. The number of aldehydes is 1. The average molecular weight is 2000 g/mol. The van der Waals surface area contributed by atoms with Gasteiger partial charge in [-0.1, -0.05) is 93.7 Å². The van der Waals surface area contributed by atoms with Crippen molar-refractivity contribution in [2.24, 2.45) is 62.1 Å². The number of fused-ring (bicyclic) bond motifs is 7. The molecule has 0 spiro atoms. The van der Waals surface area contributed by atoms with E-state index in [1.54, 1.807) is 27.7 Å². The Kier molecular flexibility index (Phi) is 36.0. The molecule has 12 fully saturated rings. The fourth-order valence-electron chi connectivity index (χ4n) is 24.4. The second kappa shape index (κ2) is 44.7. The zero-order valence-corrected chi connectivity index (χ0v) is 80.5. The Morgan fingerprint density at radius 3 is 1.61 bits per heavy atom. The molecule has 798 valence electrons. The molecule has 0 unspecified atom stereocenters. The van der Waals surface area contributed by atoms with E-state index in [4.69, 9.17) is 85.3 Å². The van der Waals surface area contributed by atoms with Crippen LogP contribution in [0.2, 0.25) is 0 Å². The van der Waals surface area contributed by atoms with Crippen molar-refractivity contribution in [2.45, 2.75) is 450 Å². The van der Waals surface area contributed by atoms with Crippen molar-refractivity contribution >= 4 is 30.2 Å². The molecule has 13 aliphatic rings. The average Bonchev–Trinajstić information content (AvgIpc) is 0.878. The number of aliphatic hydroxyl groups is 22. The molecule has 0 bridgehead atoms. The molecule has 0 aromatic carbocycles. The van der Waals surface area contributed by atoms with E-state index in [9.17, 15) is 137 Å². The van der Waals surface area contributed by atoms with E-state index in [0.717, 1.165) is 11.9 Å². The molecule has 0 amide bonds. The number of hydrogen-bond acceptors (Lipinski definition) is 45. The molecule has 4 saturated carbocycles. The lowest BCUT2D eigenvalue weighted by Gasteiger charge is -2.71. The van der Waals surface area contributed by atoms with Gasteiger partial charge >= 0.3 is 23.9 Å². The molecule has 8 aliphatic heterocycles. The third-order valence-corrected chi connectivity index (χ3v) is 33.5. The van der Waals surface area contributed by atoms with Crippen LogP contribution in [-0.4, -0.2) is 438 Å². The smallest absolute Gasteiger partial charge is 0.335 e. The summed E-state index contributed by atoms with van der Waals surface area (Å²) in [5.41, 5.74) is -5.55. The number of aliphatic carboxylic acids is 1. The number of carbonyl (C=O) groups excluding carboxylic acids is 4. The zero-order valence-electron chi connectivity index (χ0n) is 80.5. The minimum absolute atomic E-state index is 0.0121. The lowest BCUT2D eigenvalue weighted by Crippen LogP contribution is -2.69. The molecule has 8 saturated heterocycles. The van der Waals surface area contributed by atoms with Gasteiger partial charge in [-0.05, 0) is 130 Å². The summed E-state index contributed by atoms with van der Waals surface area (Å²) >= 11 is 0. The Balaban J connectivity index is 0.750. The van der Waals surface area contributed by atoms with Gasteiger partial charge in [0.2, 0.25) is 6.29 Å². The van der Waals surface area contributed by atoms with Crippen LogP contribution in [0.25, 0.3) is 0 Å². The number of allylic oxidation sites excluding steroid dienone is 2. The van der Waals surface area contributed by atoms with Crippen molar-refractivity contribution in [3.8, 4) is 0 Å². The molecule has 5 aliphatic carbocycles. The van der Waals surface area contributed by atoms with Gasteiger partial charge in [-0.25, -0.2) is 4.79 Å². The second-order valence-corrected chi connectivity index (χ2v) is 42.9. The van der Waals surface area contributed by atoms with Crippen LogP contribution < -0.4 is 0 Å². The van der Waals surface area contributed by atoms with Gasteiger partial charge in [0.25, 0.3) is 0 Å². The topological polar surface area (TPSA) is 717 Å². The highest BCUT2D eigenvalue weighted by molar-refractivity contribution is 5.80. The Labute approximate surface area is 804 Å². The first-order chi connectivity index (χ1) is 65.2. The van der Waals surface area contributed by atoms with Crippen molar-refractivity contribution in [2.75, 3.05) is 26.4 Å². The summed E-state index contributed by atoms with van der Waals surface area (Å²) < 4.78 is 109. The van der Waals surface area contributed by atoms with Crippen molar-refractivity contribution < 1.29 is 227 Å². The molecule has 139 heavy (non-hydrogen) atoms. The molecule has 53 atom stereocenters. The summed E-state index contributed by atoms with van der Waals surface area (Å²) in [6, 6.07) is 0. The fraction of sp³-hybridized carbons (Fsp3) is 0.925. The molecule has 0 radical (unpaired) electrons. The quantitative estimate of drug-likeness (QED) is 0.00941. The first-order valence-electron chi connectivity index (χ1n) is 48.8. The number of aliphatic hydroxyl groups excluding tert-OH is 22. The van der Waals surface area contributed by atoms with Crippen LogP contribution in [0, 0.1) is 62.1 Å². The Hall–Kier alpha value is -4.19. The minimum atomic E-state index is -2.27. The summed E-state index contributed by atoms with van der Waals surface area (Å²) in [5, 5.41) is 257. The van der Waals surface area contributed by atoms with E-state index < -0.39 is 377 Å². The van der Waals surface area contributed by atoms with Gasteiger partial charge in [0.15, 0.2) is 62.3 Å². The predicted octanol–water partition coefficient (Wildman–Crippen LogP) is -5.30. The van der Waals surface area contributed by atoms with Gasteiger partial charge in [-0.3, -0.25) is 14.4 Å². The highest BCUT2D eigenvalue weighted by atomic mass is 16.8. The van der Waals surface area contributed by atoms with Gasteiger partial charge in [0.1, 0.15) is 158 Å². The first-order valence-corrected chi connectivity index (χ1v) is 48.8. The van der Waals surface area contributed by atoms with Crippen LogP contribution in [-0.2, 0) is 109 Å². The number of ether oxygens (including phenoxy) is 18. The third kappa shape index (κ3) is 21.9. The molecule has 0 aromatic rings. The molecular weight excluding hydrogens is 1850 g/mol. The molecule has 8 heterocycles. The summed E-state index contributed by atoms with van der Waals surface area (Å²) in [6.07, 6.45) is -71.2. The second-order valence-electron chi connectivity index (χ2n) is 42.9. The number of carboxylic acid groups (broad SMARTS) is 1. The van der Waals surface area contributed by atoms with Crippen molar-refractivity contribution in [1.82, 2.24) is 0 Å². The van der Waals surface area contributed by atoms with Crippen molar-refractivity contribution in [1.29, 1.82) is 0 Å². The molecular formula is C93H150O46. The monoisotopic (exact) mass is 2000 g/mol. The number of hydrogen-bond donors (Lipinski definition) is 23. The standard InChI is InChI=1S/C93H150O46/c1-14-35(3)46(127-54(102)26-41(98)25-47(36(4)15-2)128-83-64(112)59(107)49(31-95)129-83)24-40(97)27-55(103)132-72-39(7)126-85(76(68(72)116)137-82-67(115)62(110)71(38(6)125-82)133-80-70(118)73(45(100)33-123-80)134-79-63(111)57(105)44(99)32-122-79)139-87(121)93-23-22-88(8,9)28-43(93)42-16-17-51-89(10)20-19-53(90(11,34-96)50(89)18-21-91(51,12)92(42,13)29-52(93)101)131-86-77(138-84-66(114)61(109)58(106)48(30-94)130-84)74(69(117)75(136-86)78(119)120)135-81-65(113)60(108)56(104)37(5)124-81/h16,34-41,43-53,56-77,79-86,94-95,97-101,104-118H,14-15,17-33H2,1-13H3,(H,119,120)/t35-,36+,37+,38+,39-,40+,41+,43+,44-,45-,46-,47+,48-,49+,50-,51-,52-,53+,56+,57+,58+,59+,60-,61+,62+,63-,64-,65-,66-,67-,68+,69+,70-,71+,72+,73+,74+,75+,76-,77-,79+,80+,81+,82+,83-,84+,85+,86-,89+,90+,91-,92-,93-/m1/s1. The maximum absolute atomic E-state index is 16.4. The number of esters is 3. The normalized spacial score (nSPS) is 49.1. The molecule has 0 aromatic heterocycles. The van der Waals surface area contributed by atoms with Crippen LogP contribution >= 0.6 is 0 Å². The minimum Gasteiger partial charge on any atom is -0.479 e. The zero-order chi connectivity index (χ0) is 102. The Morgan fingerprint density at radius 2 is 0.986 bits per heavy atom. The Morgan fingerprint density at radius 1 is 0.468 bits per heavy atom.